The van der Waals surface area contributed by atoms with Gasteiger partial charge in [-0.3, -0.25) is 9.78 Å². The molecule has 1 fully saturated rings. The van der Waals surface area contributed by atoms with Crippen molar-refractivity contribution in [1.82, 2.24) is 14.6 Å². The molecular weight excluding hydrogens is 737 g/mol. The number of hydrogen-bond donors (Lipinski definition) is 1. The molecule has 2 aliphatic heterocycles. The first-order chi connectivity index (χ1) is 25.4. The van der Waals surface area contributed by atoms with Gasteiger partial charge in [-0.25, -0.2) is 4.31 Å². The van der Waals surface area contributed by atoms with Gasteiger partial charge in [0.2, 0.25) is 0 Å². The van der Waals surface area contributed by atoms with Gasteiger partial charge in [0, 0.05) is 29.6 Å². The van der Waals surface area contributed by atoms with Crippen LogP contribution in [0.25, 0.3) is 11.1 Å². The van der Waals surface area contributed by atoms with E-state index in [4.69, 9.17) is 30.5 Å². The maximum atomic E-state index is 14.0. The lowest BCUT2D eigenvalue weighted by Gasteiger charge is -2.30. The highest BCUT2D eigenvalue weighted by atomic mass is 35.5. The van der Waals surface area contributed by atoms with Crippen molar-refractivity contribution in [2.75, 3.05) is 19.8 Å². The minimum absolute atomic E-state index is 0.0251. The second-order valence-corrected chi connectivity index (χ2v) is 14.7. The molecule has 6 rings (SSSR count). The van der Waals surface area contributed by atoms with E-state index in [9.17, 15) is 31.6 Å². The van der Waals surface area contributed by atoms with Gasteiger partial charge in [0.05, 0.1) is 23.2 Å². The number of amides is 1. The lowest BCUT2D eigenvalue weighted by Crippen LogP contribution is -2.53. The Hall–Kier alpha value is -5.04. The maximum absolute atomic E-state index is 14.0. The first-order valence-electron chi connectivity index (χ1n) is 16.6. The molecule has 2 aliphatic rings. The van der Waals surface area contributed by atoms with Crippen molar-refractivity contribution in [2.24, 2.45) is 0 Å². The third-order valence-electron chi connectivity index (χ3n) is 8.87. The number of nitrogens with zero attached hydrogens (tertiary/aromatic N) is 3. The summed E-state index contributed by atoms with van der Waals surface area (Å²) in [7, 11) is -6.13. The van der Waals surface area contributed by atoms with Gasteiger partial charge in [0.15, 0.2) is 11.5 Å². The van der Waals surface area contributed by atoms with E-state index in [0.717, 1.165) is 22.3 Å². The number of aromatic nitrogens is 1. The van der Waals surface area contributed by atoms with Crippen LogP contribution >= 0.6 is 11.6 Å². The van der Waals surface area contributed by atoms with Gasteiger partial charge < -0.3 is 24.3 Å². The second-order valence-electron chi connectivity index (χ2n) is 12.4. The molecule has 0 bridgehead atoms. The fourth-order valence-corrected chi connectivity index (χ4v) is 7.21. The molecule has 0 aliphatic carbocycles. The lowest BCUT2D eigenvalue weighted by atomic mass is 9.96. The number of alkyl halides is 3. The van der Waals surface area contributed by atoms with Crippen LogP contribution < -0.4 is 24.3 Å². The van der Waals surface area contributed by atoms with Gasteiger partial charge in [-0.15, -0.1) is 0 Å². The number of ether oxygens (including phenoxy) is 4. The van der Waals surface area contributed by atoms with Crippen molar-refractivity contribution in [3.05, 3.63) is 99.8 Å². The number of sulfonamides is 1. The zero-order valence-corrected chi connectivity index (χ0v) is 30.0. The Balaban J connectivity index is 1.32. The summed E-state index contributed by atoms with van der Waals surface area (Å²) < 4.78 is 91.0. The van der Waals surface area contributed by atoms with E-state index in [2.05, 4.69) is 10.3 Å². The number of piperidine rings is 1. The molecule has 0 spiro atoms. The first kappa shape index (κ1) is 37.7. The predicted molar refractivity (Wildman–Crippen MR) is 188 cm³/mol. The molecule has 11 nitrogen and oxygen atoms in total. The summed E-state index contributed by atoms with van der Waals surface area (Å²) in [5.41, 5.74) is -1.67. The molecule has 3 heterocycles. The zero-order valence-electron chi connectivity index (χ0n) is 28.4. The Labute approximate surface area is 309 Å². The van der Waals surface area contributed by atoms with Gasteiger partial charge in [-0.05, 0) is 72.8 Å². The van der Waals surface area contributed by atoms with E-state index in [-0.39, 0.29) is 51.6 Å². The van der Waals surface area contributed by atoms with E-state index < -0.39 is 34.0 Å². The van der Waals surface area contributed by atoms with Crippen molar-refractivity contribution < 1.29 is 45.3 Å². The van der Waals surface area contributed by atoms with Crippen molar-refractivity contribution in [3.8, 4) is 40.2 Å². The number of carbonyl (C=O) groups excluding carboxylic acids is 1. The van der Waals surface area contributed by atoms with Crippen molar-refractivity contribution >= 4 is 27.5 Å². The number of benzene rings is 3. The number of nitriles is 1. The molecule has 0 unspecified atom stereocenters. The number of fused-ring (bicyclic) bond motifs is 1. The third kappa shape index (κ3) is 8.45. The average Bonchev–Trinajstić information content (AvgIpc) is 3.16. The molecule has 4 aromatic rings. The molecule has 1 saturated heterocycles. The highest BCUT2D eigenvalue weighted by molar-refractivity contribution is 7.90. The Kier molecular flexibility index (Phi) is 11.3. The van der Waals surface area contributed by atoms with Crippen molar-refractivity contribution in [3.63, 3.8) is 0 Å². The van der Waals surface area contributed by atoms with Gasteiger partial charge in [-0.2, -0.15) is 26.9 Å². The molecule has 1 aromatic heterocycles. The van der Waals surface area contributed by atoms with Crippen LogP contribution in [0.2, 0.25) is 5.02 Å². The molecule has 0 radical (unpaired) electrons. The number of carbonyl (C=O) groups is 1. The van der Waals surface area contributed by atoms with E-state index in [0.29, 0.717) is 49.7 Å². The topological polar surface area (TPSA) is 140 Å². The largest absolute Gasteiger partial charge is 0.516 e. The van der Waals surface area contributed by atoms with Crippen LogP contribution in [-0.4, -0.2) is 54.9 Å². The molecule has 3 aromatic carbocycles. The number of hydrogen-bond acceptors (Lipinski definition) is 10. The Morgan fingerprint density at radius 2 is 1.79 bits per heavy atom. The van der Waals surface area contributed by atoms with Crippen molar-refractivity contribution in [1.29, 1.82) is 5.26 Å². The van der Waals surface area contributed by atoms with E-state index in [1.54, 1.807) is 0 Å². The summed E-state index contributed by atoms with van der Waals surface area (Å²) in [6.45, 7) is 1.98. The number of rotatable bonds is 11. The summed E-state index contributed by atoms with van der Waals surface area (Å²) in [6.07, 6.45) is 4.17. The Morgan fingerprint density at radius 1 is 1.02 bits per heavy atom. The Morgan fingerprint density at radius 3 is 2.53 bits per heavy atom. The van der Waals surface area contributed by atoms with Crippen molar-refractivity contribution in [2.45, 2.75) is 57.5 Å². The minimum Gasteiger partial charge on any atom is -0.488 e. The number of pyridine rings is 1. The van der Waals surface area contributed by atoms with E-state index in [1.807, 2.05) is 49.4 Å². The predicted octanol–water partition coefficient (Wildman–Crippen LogP) is 6.83. The van der Waals surface area contributed by atoms with Crippen LogP contribution in [0.3, 0.4) is 0 Å². The second kappa shape index (κ2) is 15.9. The molecule has 0 saturated carbocycles. The maximum Gasteiger partial charge on any atom is 0.516 e. The number of nitrogens with one attached hydrogen (secondary N) is 1. The summed E-state index contributed by atoms with van der Waals surface area (Å²) in [5.74, 6) is 0.0482. The molecule has 16 heteroatoms. The van der Waals surface area contributed by atoms with Gasteiger partial charge >= 0.3 is 15.5 Å². The standard InChI is InChI=1S/C37H34ClF3N4O7S/c1-23-27(5-4-6-29(23)26-8-9-32-35(15-26)50-12-11-49-32)22-52-34-16-33(51-21-25-13-24(17-42)18-43-19-25)28(14-30(34)38)20-45(53(47,48)37(39,40)41)36(46)31-7-2-3-10-44-31/h4-6,8-9,13-16,18-19,31,44H,2-3,7,10-12,20-22H2,1H3/t31-/m0/s1. The summed E-state index contributed by atoms with van der Waals surface area (Å²) in [5, 5.41) is 12.1. The highest BCUT2D eigenvalue weighted by Crippen LogP contribution is 2.39. The van der Waals surface area contributed by atoms with Crippen LogP contribution in [0.4, 0.5) is 13.2 Å². The normalized spacial score (nSPS) is 15.7. The smallest absolute Gasteiger partial charge is 0.488 e. The summed E-state index contributed by atoms with van der Waals surface area (Å²) in [6, 6.07) is 16.3. The molecule has 278 valence electrons. The monoisotopic (exact) mass is 770 g/mol. The van der Waals surface area contributed by atoms with E-state index in [1.165, 1.54) is 30.6 Å². The molecule has 1 atom stereocenters. The van der Waals surface area contributed by atoms with Crippen LogP contribution in [0, 0.1) is 18.3 Å². The Bertz CT molecular complexity index is 2160. The summed E-state index contributed by atoms with van der Waals surface area (Å²) in [4.78, 5) is 17.4. The van der Waals surface area contributed by atoms with Gasteiger partial charge in [0.1, 0.15) is 44.0 Å². The van der Waals surface area contributed by atoms with Crippen LogP contribution in [0.15, 0.2) is 67.0 Å². The van der Waals surface area contributed by atoms with Gasteiger partial charge in [-0.1, -0.05) is 42.3 Å². The third-order valence-corrected chi connectivity index (χ3v) is 10.6. The fraction of sp³-hybridized carbons (Fsp3) is 0.324. The fourth-order valence-electron chi connectivity index (χ4n) is 6.05. The molecule has 1 amide bonds. The molecular formula is C37H34ClF3N4O7S. The van der Waals surface area contributed by atoms with Gasteiger partial charge in [0.25, 0.3) is 5.91 Å². The zero-order chi connectivity index (χ0) is 37.8. The quantitative estimate of drug-likeness (QED) is 0.173. The minimum atomic E-state index is -6.13. The summed E-state index contributed by atoms with van der Waals surface area (Å²) >= 11 is 6.63. The number of halogens is 4. The van der Waals surface area contributed by atoms with Crippen LogP contribution in [0.5, 0.6) is 23.0 Å². The van der Waals surface area contributed by atoms with Crippen LogP contribution in [0.1, 0.15) is 47.1 Å². The average molecular weight is 771 g/mol. The first-order valence-corrected chi connectivity index (χ1v) is 18.4. The SMILES string of the molecule is Cc1c(COc2cc(OCc3cncc(C#N)c3)c(CN(C(=O)[C@@H]3CCCCN3)S(=O)(=O)C(F)(F)F)cc2Cl)cccc1-c1ccc2c(c1)OCCO2. The lowest BCUT2D eigenvalue weighted by molar-refractivity contribution is -0.131. The molecule has 1 N–H and O–H groups in total. The molecule has 53 heavy (non-hydrogen) atoms. The van der Waals surface area contributed by atoms with E-state index >= 15 is 0 Å². The van der Waals surface area contributed by atoms with Crippen LogP contribution in [-0.2, 0) is 34.6 Å². The highest BCUT2D eigenvalue weighted by Gasteiger charge is 2.53.